The molecule has 0 saturated heterocycles. The molecule has 1 aromatic rings. The second kappa shape index (κ2) is 6.57. The highest BCUT2D eigenvalue weighted by molar-refractivity contribution is 5.61. The second-order valence-electron chi connectivity index (χ2n) is 6.77. The Morgan fingerprint density at radius 3 is 2.88 bits per heavy atom. The third kappa shape index (κ3) is 3.05. The molecule has 0 bridgehead atoms. The number of benzene rings is 1. The van der Waals surface area contributed by atoms with E-state index in [0.29, 0.717) is 6.42 Å². The van der Waals surface area contributed by atoms with E-state index in [1.54, 1.807) is 7.11 Å². The maximum atomic E-state index is 9.97. The van der Waals surface area contributed by atoms with Crippen molar-refractivity contribution < 1.29 is 24.5 Å². The number of methoxy groups -OCH3 is 1. The van der Waals surface area contributed by atoms with Gasteiger partial charge in [0, 0.05) is 18.5 Å². The molecule has 0 saturated carbocycles. The molecule has 4 rings (SSSR count). The van der Waals surface area contributed by atoms with Crippen LogP contribution in [0.25, 0.3) is 0 Å². The summed E-state index contributed by atoms with van der Waals surface area (Å²) in [4.78, 5) is 11.1. The van der Waals surface area contributed by atoms with Crippen molar-refractivity contribution in [3.05, 3.63) is 35.4 Å². The Kier molecular flexibility index (Phi) is 4.62. The molecule has 3 atom stereocenters. The summed E-state index contributed by atoms with van der Waals surface area (Å²) in [6.45, 7) is 1.96. The largest absolute Gasteiger partial charge is 0.493 e. The molecule has 0 unspecified atom stereocenters. The molecule has 4 N–H and O–H groups in total. The summed E-state index contributed by atoms with van der Waals surface area (Å²) < 4.78 is 11.8. The SMILES string of the molecule is COc1ccc2c3c1O[C@H]1C[C@@H](O)C=C[C@@]31CCN(C)C2.NC(=O)O. The number of hydrogen-bond donors (Lipinski definition) is 3. The normalized spacial score (nSPS) is 29.4. The van der Waals surface area contributed by atoms with E-state index in [4.69, 9.17) is 19.4 Å². The molecule has 3 aliphatic rings. The lowest BCUT2D eigenvalue weighted by Crippen LogP contribution is -2.42. The lowest BCUT2D eigenvalue weighted by molar-refractivity contribution is 0.0821. The highest BCUT2D eigenvalue weighted by atomic mass is 16.5. The Hall–Kier alpha value is -2.25. The summed E-state index contributed by atoms with van der Waals surface area (Å²) in [5, 5.41) is 17.2. The molecule has 1 spiro atoms. The quantitative estimate of drug-likeness (QED) is 0.664. The van der Waals surface area contributed by atoms with Crippen LogP contribution in [0.15, 0.2) is 24.3 Å². The third-order valence-corrected chi connectivity index (χ3v) is 5.15. The standard InChI is InChI=1S/C17H21NO3.CH3NO2/c1-18-8-7-17-6-5-12(19)9-14(17)21-16-13(20-2)4-3-11(10-18)15(16)17;2-1(3)4/h3-6,12,14,19H,7-10H2,1-2H3;2H2,(H,3,4)/t12-,14-,17-;/m0./s1. The lowest BCUT2D eigenvalue weighted by Gasteiger charge is -2.35. The van der Waals surface area contributed by atoms with Gasteiger partial charge in [-0.3, -0.25) is 0 Å². The zero-order chi connectivity index (χ0) is 18.2. The van der Waals surface area contributed by atoms with Gasteiger partial charge < -0.3 is 30.3 Å². The molecule has 0 radical (unpaired) electrons. The number of nitrogens with zero attached hydrogens (tertiary/aromatic N) is 1. The fourth-order valence-corrected chi connectivity index (χ4v) is 4.08. The third-order valence-electron chi connectivity index (χ3n) is 5.15. The van der Waals surface area contributed by atoms with Crippen molar-refractivity contribution in [1.82, 2.24) is 4.90 Å². The molecular weight excluding hydrogens is 324 g/mol. The average molecular weight is 348 g/mol. The summed E-state index contributed by atoms with van der Waals surface area (Å²) in [7, 11) is 3.84. The number of hydrogen-bond acceptors (Lipinski definition) is 5. The molecule has 1 aromatic carbocycles. The zero-order valence-electron chi connectivity index (χ0n) is 14.4. The minimum absolute atomic E-state index is 0.00838. The number of aliphatic hydroxyl groups excluding tert-OH is 1. The highest BCUT2D eigenvalue weighted by Crippen LogP contribution is 2.55. The smallest absolute Gasteiger partial charge is 0.402 e. The molecule has 0 aromatic heterocycles. The fraction of sp³-hybridized carbons (Fsp3) is 0.500. The van der Waals surface area contributed by atoms with E-state index in [9.17, 15) is 5.11 Å². The monoisotopic (exact) mass is 348 g/mol. The fourth-order valence-electron chi connectivity index (χ4n) is 4.08. The van der Waals surface area contributed by atoms with Crippen molar-refractivity contribution in [2.45, 2.75) is 37.0 Å². The summed E-state index contributed by atoms with van der Waals surface area (Å²) in [6, 6.07) is 4.16. The van der Waals surface area contributed by atoms with Gasteiger partial charge in [-0.05, 0) is 31.6 Å². The van der Waals surface area contributed by atoms with Crippen molar-refractivity contribution in [2.75, 3.05) is 20.7 Å². The van der Waals surface area contributed by atoms with Crippen LogP contribution in [-0.4, -0.2) is 54.1 Å². The lowest BCUT2D eigenvalue weighted by atomic mass is 9.69. The Labute approximate surface area is 146 Å². The van der Waals surface area contributed by atoms with Gasteiger partial charge in [-0.15, -0.1) is 0 Å². The van der Waals surface area contributed by atoms with E-state index in [-0.39, 0.29) is 11.5 Å². The average Bonchev–Trinajstić information content (AvgIpc) is 2.79. The number of amides is 1. The van der Waals surface area contributed by atoms with Gasteiger partial charge in [0.2, 0.25) is 0 Å². The number of carbonyl (C=O) groups is 1. The van der Waals surface area contributed by atoms with Crippen molar-refractivity contribution in [3.63, 3.8) is 0 Å². The number of aliphatic hydroxyl groups is 1. The molecule has 1 amide bonds. The molecule has 2 heterocycles. The van der Waals surface area contributed by atoms with Crippen molar-refractivity contribution in [1.29, 1.82) is 0 Å². The molecule has 2 aliphatic heterocycles. The van der Waals surface area contributed by atoms with Gasteiger partial charge in [0.05, 0.1) is 18.6 Å². The van der Waals surface area contributed by atoms with Crippen molar-refractivity contribution in [3.8, 4) is 11.5 Å². The van der Waals surface area contributed by atoms with Crippen LogP contribution in [0.5, 0.6) is 11.5 Å². The van der Waals surface area contributed by atoms with E-state index in [0.717, 1.165) is 31.0 Å². The van der Waals surface area contributed by atoms with Gasteiger partial charge in [0.15, 0.2) is 11.5 Å². The number of primary amides is 1. The predicted molar refractivity (Wildman–Crippen MR) is 92.0 cm³/mol. The van der Waals surface area contributed by atoms with E-state index in [1.165, 1.54) is 11.1 Å². The number of nitrogens with two attached hydrogens (primary N) is 1. The molecular formula is C18H24N2O5. The van der Waals surface area contributed by atoms with E-state index < -0.39 is 12.2 Å². The van der Waals surface area contributed by atoms with Crippen LogP contribution in [0.2, 0.25) is 0 Å². The number of rotatable bonds is 1. The maximum absolute atomic E-state index is 9.97. The molecule has 1 aliphatic carbocycles. The topological polar surface area (TPSA) is 105 Å². The van der Waals surface area contributed by atoms with Crippen LogP contribution >= 0.6 is 0 Å². The van der Waals surface area contributed by atoms with Crippen LogP contribution in [0, 0.1) is 0 Å². The van der Waals surface area contributed by atoms with Gasteiger partial charge in [-0.2, -0.15) is 0 Å². The highest BCUT2D eigenvalue weighted by Gasteiger charge is 2.52. The minimum atomic E-state index is -1.33. The van der Waals surface area contributed by atoms with Gasteiger partial charge in [-0.1, -0.05) is 18.2 Å². The van der Waals surface area contributed by atoms with Crippen LogP contribution < -0.4 is 15.2 Å². The van der Waals surface area contributed by atoms with Gasteiger partial charge >= 0.3 is 6.09 Å². The summed E-state index contributed by atoms with van der Waals surface area (Å²) in [5.74, 6) is 1.68. The maximum Gasteiger partial charge on any atom is 0.402 e. The molecule has 136 valence electrons. The van der Waals surface area contributed by atoms with E-state index in [1.807, 2.05) is 12.1 Å². The predicted octanol–water partition coefficient (Wildman–Crippen LogP) is 1.47. The first-order chi connectivity index (χ1) is 11.9. The Morgan fingerprint density at radius 2 is 2.20 bits per heavy atom. The molecule has 7 heteroatoms. The molecule has 0 fully saturated rings. The van der Waals surface area contributed by atoms with Crippen LogP contribution in [0.4, 0.5) is 4.79 Å². The van der Waals surface area contributed by atoms with Crippen LogP contribution in [0.3, 0.4) is 0 Å². The minimum Gasteiger partial charge on any atom is -0.493 e. The molecule has 7 nitrogen and oxygen atoms in total. The van der Waals surface area contributed by atoms with Crippen LogP contribution in [0.1, 0.15) is 24.0 Å². The van der Waals surface area contributed by atoms with Gasteiger partial charge in [-0.25, -0.2) is 4.79 Å². The van der Waals surface area contributed by atoms with Crippen molar-refractivity contribution in [2.24, 2.45) is 5.73 Å². The van der Waals surface area contributed by atoms with Gasteiger partial charge in [0.25, 0.3) is 0 Å². The first-order valence-electron chi connectivity index (χ1n) is 8.28. The zero-order valence-corrected chi connectivity index (χ0v) is 14.4. The van der Waals surface area contributed by atoms with Crippen molar-refractivity contribution >= 4 is 6.09 Å². The van der Waals surface area contributed by atoms with Gasteiger partial charge in [0.1, 0.15) is 6.10 Å². The van der Waals surface area contributed by atoms with Crippen LogP contribution in [-0.2, 0) is 12.0 Å². The summed E-state index contributed by atoms with van der Waals surface area (Å²) >= 11 is 0. The first-order valence-corrected chi connectivity index (χ1v) is 8.28. The summed E-state index contributed by atoms with van der Waals surface area (Å²) in [5.41, 5.74) is 6.51. The van der Waals surface area contributed by atoms with E-state index >= 15 is 0 Å². The number of ether oxygens (including phenoxy) is 2. The Balaban J connectivity index is 0.000000415. The Bertz CT molecular complexity index is 701. The molecule has 25 heavy (non-hydrogen) atoms. The second-order valence-corrected chi connectivity index (χ2v) is 6.77. The van der Waals surface area contributed by atoms with E-state index in [2.05, 4.69) is 29.8 Å². The first kappa shape index (κ1) is 17.6. The number of carboxylic acid groups (broad SMARTS) is 1. The summed E-state index contributed by atoms with van der Waals surface area (Å²) in [6.07, 6.45) is 4.05. The Morgan fingerprint density at radius 1 is 1.48 bits per heavy atom.